The van der Waals surface area contributed by atoms with Crippen LogP contribution in [0, 0.1) is 0 Å². The minimum absolute atomic E-state index is 0.0110. The molecule has 0 spiro atoms. The summed E-state index contributed by atoms with van der Waals surface area (Å²) in [5.41, 5.74) is 2.17. The van der Waals surface area contributed by atoms with Crippen LogP contribution in [0.15, 0.2) is 36.4 Å². The van der Waals surface area contributed by atoms with Gasteiger partial charge in [0, 0.05) is 38.8 Å². The van der Waals surface area contributed by atoms with E-state index in [0.717, 1.165) is 42.3 Å². The Bertz CT molecular complexity index is 883. The third-order valence-electron chi connectivity index (χ3n) is 5.55. The second-order valence-corrected chi connectivity index (χ2v) is 7.69. The predicted octanol–water partition coefficient (Wildman–Crippen LogP) is 1.85. The number of ether oxygens (including phenoxy) is 4. The fraction of sp³-hybridized carbons (Fsp3) is 0.458. The number of amides is 1. The van der Waals surface area contributed by atoms with Gasteiger partial charge in [-0.15, -0.1) is 0 Å². The zero-order valence-corrected chi connectivity index (χ0v) is 19.3. The van der Waals surface area contributed by atoms with Crippen molar-refractivity contribution in [1.82, 2.24) is 15.5 Å². The number of nitrogens with zero attached hydrogens (tertiary/aromatic N) is 1. The van der Waals surface area contributed by atoms with Gasteiger partial charge in [0.05, 0.1) is 34.5 Å². The summed E-state index contributed by atoms with van der Waals surface area (Å²) >= 11 is 0. The van der Waals surface area contributed by atoms with E-state index in [1.165, 1.54) is 0 Å². The minimum Gasteiger partial charge on any atom is -0.497 e. The van der Waals surface area contributed by atoms with E-state index in [1.807, 2.05) is 36.4 Å². The maximum Gasteiger partial charge on any atom is 0.238 e. The topological polar surface area (TPSA) is 81.3 Å². The third kappa shape index (κ3) is 6.27. The van der Waals surface area contributed by atoms with Crippen molar-refractivity contribution in [3.63, 3.8) is 0 Å². The molecule has 1 saturated heterocycles. The van der Waals surface area contributed by atoms with Crippen molar-refractivity contribution in [3.05, 3.63) is 47.5 Å². The van der Waals surface area contributed by atoms with E-state index in [9.17, 15) is 4.79 Å². The zero-order valence-electron chi connectivity index (χ0n) is 19.3. The average Bonchev–Trinajstić information content (AvgIpc) is 2.83. The van der Waals surface area contributed by atoms with Crippen LogP contribution in [0.2, 0.25) is 0 Å². The molecule has 1 aliphatic rings. The number of rotatable bonds is 10. The molecule has 0 bridgehead atoms. The summed E-state index contributed by atoms with van der Waals surface area (Å²) in [6.45, 7) is 3.58. The standard InChI is InChI=1S/C24H33N3O5/c1-29-19-11-17(12-20(14-19)30-2)7-8-26-24(28)21-16-27(10-9-25-21)15-18-5-6-22(31-3)23(13-18)32-4/h5-6,11-14,21,25H,7-10,15-16H2,1-4H3,(H,26,28). The lowest BCUT2D eigenvalue weighted by molar-refractivity contribution is -0.124. The Balaban J connectivity index is 1.51. The van der Waals surface area contributed by atoms with Crippen LogP contribution in [0.4, 0.5) is 0 Å². The Morgan fingerprint density at radius 3 is 2.34 bits per heavy atom. The highest BCUT2D eigenvalue weighted by atomic mass is 16.5. The van der Waals surface area contributed by atoms with Crippen LogP contribution >= 0.6 is 0 Å². The predicted molar refractivity (Wildman–Crippen MR) is 123 cm³/mol. The van der Waals surface area contributed by atoms with Crippen LogP contribution in [0.25, 0.3) is 0 Å². The first kappa shape index (κ1) is 23.7. The number of piperazine rings is 1. The van der Waals surface area contributed by atoms with Gasteiger partial charge in [-0.25, -0.2) is 0 Å². The molecule has 3 rings (SSSR count). The number of methoxy groups -OCH3 is 4. The average molecular weight is 444 g/mol. The van der Waals surface area contributed by atoms with Crippen molar-refractivity contribution in [3.8, 4) is 23.0 Å². The number of hydrogen-bond donors (Lipinski definition) is 2. The van der Waals surface area contributed by atoms with Gasteiger partial charge in [0.15, 0.2) is 11.5 Å². The maximum atomic E-state index is 12.7. The van der Waals surface area contributed by atoms with Gasteiger partial charge in [0.1, 0.15) is 11.5 Å². The van der Waals surface area contributed by atoms with Crippen LogP contribution in [-0.2, 0) is 17.8 Å². The van der Waals surface area contributed by atoms with Gasteiger partial charge >= 0.3 is 0 Å². The highest BCUT2D eigenvalue weighted by Gasteiger charge is 2.25. The molecule has 0 saturated carbocycles. The molecule has 174 valence electrons. The molecule has 1 fully saturated rings. The van der Waals surface area contributed by atoms with Crippen molar-refractivity contribution in [1.29, 1.82) is 0 Å². The van der Waals surface area contributed by atoms with Gasteiger partial charge < -0.3 is 29.6 Å². The Morgan fingerprint density at radius 2 is 1.69 bits per heavy atom. The van der Waals surface area contributed by atoms with E-state index < -0.39 is 0 Å². The molecule has 1 aliphatic heterocycles. The van der Waals surface area contributed by atoms with Crippen molar-refractivity contribution in [2.24, 2.45) is 0 Å². The summed E-state index contributed by atoms with van der Waals surface area (Å²) in [7, 11) is 6.52. The van der Waals surface area contributed by atoms with Crippen molar-refractivity contribution >= 4 is 5.91 Å². The molecule has 2 aromatic rings. The SMILES string of the molecule is COc1cc(CCNC(=O)C2CN(Cc3ccc(OC)c(OC)c3)CCN2)cc(OC)c1. The van der Waals surface area contributed by atoms with Gasteiger partial charge in [0.25, 0.3) is 0 Å². The molecule has 0 aromatic heterocycles. The minimum atomic E-state index is -0.247. The molecular weight excluding hydrogens is 410 g/mol. The summed E-state index contributed by atoms with van der Waals surface area (Å²) in [5.74, 6) is 2.92. The van der Waals surface area contributed by atoms with Crippen molar-refractivity contribution in [2.75, 3.05) is 54.6 Å². The molecule has 8 nitrogen and oxygen atoms in total. The summed E-state index contributed by atoms with van der Waals surface area (Å²) < 4.78 is 21.3. The quantitative estimate of drug-likeness (QED) is 0.580. The first-order valence-corrected chi connectivity index (χ1v) is 10.7. The van der Waals surface area contributed by atoms with Gasteiger partial charge in [0.2, 0.25) is 5.91 Å². The molecular formula is C24H33N3O5. The Hall–Kier alpha value is -2.97. The van der Waals surface area contributed by atoms with Crippen LogP contribution in [0.3, 0.4) is 0 Å². The fourth-order valence-corrected chi connectivity index (χ4v) is 3.83. The van der Waals surface area contributed by atoms with Gasteiger partial charge in [-0.05, 0) is 41.8 Å². The van der Waals surface area contributed by atoms with E-state index >= 15 is 0 Å². The summed E-state index contributed by atoms with van der Waals surface area (Å²) in [4.78, 5) is 15.0. The first-order valence-electron chi connectivity index (χ1n) is 10.7. The van der Waals surface area contributed by atoms with Crippen LogP contribution < -0.4 is 29.6 Å². The summed E-state index contributed by atoms with van der Waals surface area (Å²) in [6.07, 6.45) is 0.696. The Labute approximate surface area is 189 Å². The monoisotopic (exact) mass is 443 g/mol. The van der Waals surface area contributed by atoms with E-state index in [2.05, 4.69) is 15.5 Å². The maximum absolute atomic E-state index is 12.7. The highest BCUT2D eigenvalue weighted by Crippen LogP contribution is 2.28. The highest BCUT2D eigenvalue weighted by molar-refractivity contribution is 5.82. The zero-order chi connectivity index (χ0) is 22.9. The van der Waals surface area contributed by atoms with E-state index in [4.69, 9.17) is 18.9 Å². The number of benzene rings is 2. The molecule has 2 N–H and O–H groups in total. The Morgan fingerprint density at radius 1 is 0.969 bits per heavy atom. The third-order valence-corrected chi connectivity index (χ3v) is 5.55. The summed E-state index contributed by atoms with van der Waals surface area (Å²) in [5, 5.41) is 6.37. The Kier molecular flexibility index (Phi) is 8.58. The molecule has 2 aromatic carbocycles. The van der Waals surface area contributed by atoms with Crippen molar-refractivity contribution < 1.29 is 23.7 Å². The number of hydrogen-bond acceptors (Lipinski definition) is 7. The lowest BCUT2D eigenvalue weighted by atomic mass is 10.1. The first-order chi connectivity index (χ1) is 15.6. The fourth-order valence-electron chi connectivity index (χ4n) is 3.83. The molecule has 1 atom stereocenters. The molecule has 1 amide bonds. The van der Waals surface area contributed by atoms with Crippen molar-refractivity contribution in [2.45, 2.75) is 19.0 Å². The second kappa shape index (κ2) is 11.6. The molecule has 32 heavy (non-hydrogen) atoms. The van der Waals surface area contributed by atoms with Gasteiger partial charge in [-0.3, -0.25) is 9.69 Å². The largest absolute Gasteiger partial charge is 0.497 e. The van der Waals surface area contributed by atoms with Gasteiger partial charge in [-0.1, -0.05) is 6.07 Å². The van der Waals surface area contributed by atoms with Crippen LogP contribution in [0.5, 0.6) is 23.0 Å². The lowest BCUT2D eigenvalue weighted by Gasteiger charge is -2.33. The molecule has 8 heteroatoms. The second-order valence-electron chi connectivity index (χ2n) is 7.69. The molecule has 1 heterocycles. The van der Waals surface area contributed by atoms with Crippen LogP contribution in [-0.4, -0.2) is 71.5 Å². The van der Waals surface area contributed by atoms with E-state index in [1.54, 1.807) is 28.4 Å². The van der Waals surface area contributed by atoms with Crippen LogP contribution in [0.1, 0.15) is 11.1 Å². The number of carbonyl (C=O) groups excluding carboxylic acids is 1. The molecule has 0 radical (unpaired) electrons. The van der Waals surface area contributed by atoms with E-state index in [-0.39, 0.29) is 11.9 Å². The molecule has 0 aliphatic carbocycles. The number of nitrogens with one attached hydrogen (secondary N) is 2. The van der Waals surface area contributed by atoms with Gasteiger partial charge in [-0.2, -0.15) is 0 Å². The van der Waals surface area contributed by atoms with E-state index in [0.29, 0.717) is 31.0 Å². The smallest absolute Gasteiger partial charge is 0.238 e. The summed E-state index contributed by atoms with van der Waals surface area (Å²) in [6, 6.07) is 11.4. The number of carbonyl (C=O) groups is 1. The molecule has 1 unspecified atom stereocenters. The lowest BCUT2D eigenvalue weighted by Crippen LogP contribution is -2.56. The normalized spacial score (nSPS) is 16.3.